The van der Waals surface area contributed by atoms with E-state index in [-0.39, 0.29) is 6.61 Å². The molecule has 0 saturated carbocycles. The first-order valence-electron chi connectivity index (χ1n) is 5.73. The number of likely N-dealkylation sites (tertiary alicyclic amines) is 1. The van der Waals surface area contributed by atoms with Crippen LogP contribution < -0.4 is 5.73 Å². The Labute approximate surface area is 99.4 Å². The Morgan fingerprint density at radius 2 is 2.38 bits per heavy atom. The molecule has 1 aromatic rings. The molecular weight excluding hydrogens is 224 g/mol. The molecule has 0 radical (unpaired) electrons. The van der Waals surface area contributed by atoms with Gasteiger partial charge in [-0.05, 0) is 25.8 Å². The average molecular weight is 242 g/mol. The van der Waals surface area contributed by atoms with E-state index < -0.39 is 0 Å². The zero-order chi connectivity index (χ0) is 11.4. The van der Waals surface area contributed by atoms with Gasteiger partial charge in [-0.25, -0.2) is 0 Å². The predicted octanol–water partition coefficient (Wildman–Crippen LogP) is 0.857. The lowest BCUT2D eigenvalue weighted by Gasteiger charge is -2.34. The number of hydrogen-bond acceptors (Lipinski definition) is 6. The van der Waals surface area contributed by atoms with E-state index in [4.69, 9.17) is 10.8 Å². The van der Waals surface area contributed by atoms with Crippen molar-refractivity contribution in [2.75, 3.05) is 18.9 Å². The molecule has 1 saturated heterocycles. The standard InChI is InChI=1S/C10H18N4OS/c11-10-9(12-13-16-10)7-14-5-2-1-3-8(14)4-6-15/h8,15H,1-7,11H2. The highest BCUT2D eigenvalue weighted by Crippen LogP contribution is 2.23. The number of nitrogen functional groups attached to an aromatic ring is 1. The minimum Gasteiger partial charge on any atom is -0.396 e. The smallest absolute Gasteiger partial charge is 0.132 e. The number of aliphatic hydroxyl groups is 1. The normalized spacial score (nSPS) is 22.4. The third-order valence-electron chi connectivity index (χ3n) is 3.15. The zero-order valence-corrected chi connectivity index (χ0v) is 10.1. The summed E-state index contributed by atoms with van der Waals surface area (Å²) in [6.07, 6.45) is 4.49. The van der Waals surface area contributed by atoms with Gasteiger partial charge in [-0.2, -0.15) is 0 Å². The summed E-state index contributed by atoms with van der Waals surface area (Å²) < 4.78 is 3.85. The Hall–Kier alpha value is -0.720. The highest BCUT2D eigenvalue weighted by Gasteiger charge is 2.23. The summed E-state index contributed by atoms with van der Waals surface area (Å²) in [5, 5.41) is 13.8. The fourth-order valence-corrected chi connectivity index (χ4v) is 2.70. The van der Waals surface area contributed by atoms with Crippen LogP contribution in [-0.2, 0) is 6.54 Å². The second-order valence-corrected chi connectivity index (χ2v) is 5.00. The van der Waals surface area contributed by atoms with Crippen molar-refractivity contribution in [1.29, 1.82) is 0 Å². The molecule has 0 aliphatic carbocycles. The van der Waals surface area contributed by atoms with Crippen LogP contribution in [0.3, 0.4) is 0 Å². The van der Waals surface area contributed by atoms with Gasteiger partial charge in [0.15, 0.2) is 0 Å². The fourth-order valence-electron chi connectivity index (χ4n) is 2.26. The van der Waals surface area contributed by atoms with Crippen LogP contribution in [0.4, 0.5) is 5.00 Å². The predicted molar refractivity (Wildman–Crippen MR) is 64.1 cm³/mol. The molecule has 16 heavy (non-hydrogen) atoms. The van der Waals surface area contributed by atoms with Crippen LogP contribution >= 0.6 is 11.5 Å². The third kappa shape index (κ3) is 2.69. The van der Waals surface area contributed by atoms with Crippen molar-refractivity contribution < 1.29 is 5.11 Å². The van der Waals surface area contributed by atoms with Gasteiger partial charge in [0.2, 0.25) is 0 Å². The van der Waals surface area contributed by atoms with Crippen molar-refractivity contribution in [1.82, 2.24) is 14.5 Å². The first kappa shape index (κ1) is 11.8. The van der Waals surface area contributed by atoms with Crippen LogP contribution in [-0.4, -0.2) is 38.8 Å². The molecule has 0 amide bonds. The van der Waals surface area contributed by atoms with Gasteiger partial charge in [-0.15, -0.1) is 5.10 Å². The Kier molecular flexibility index (Phi) is 4.09. The Morgan fingerprint density at radius 1 is 1.50 bits per heavy atom. The van der Waals surface area contributed by atoms with Gasteiger partial charge >= 0.3 is 0 Å². The quantitative estimate of drug-likeness (QED) is 0.819. The molecule has 1 aliphatic heterocycles. The number of hydrogen-bond donors (Lipinski definition) is 2. The maximum atomic E-state index is 9.04. The van der Waals surface area contributed by atoms with Crippen molar-refractivity contribution >= 4 is 16.5 Å². The molecule has 0 spiro atoms. The molecule has 0 aromatic carbocycles. The lowest BCUT2D eigenvalue weighted by Crippen LogP contribution is -2.39. The van der Waals surface area contributed by atoms with Crippen molar-refractivity contribution in [3.63, 3.8) is 0 Å². The molecule has 1 aliphatic rings. The molecule has 1 fully saturated rings. The summed E-state index contributed by atoms with van der Waals surface area (Å²) in [7, 11) is 0. The summed E-state index contributed by atoms with van der Waals surface area (Å²) in [4.78, 5) is 2.37. The van der Waals surface area contributed by atoms with E-state index in [1.165, 1.54) is 24.4 Å². The molecule has 1 atom stereocenters. The van der Waals surface area contributed by atoms with Crippen molar-refractivity contribution in [3.05, 3.63) is 5.69 Å². The van der Waals surface area contributed by atoms with Crippen LogP contribution in [0.2, 0.25) is 0 Å². The molecule has 90 valence electrons. The molecule has 2 heterocycles. The van der Waals surface area contributed by atoms with E-state index in [1.54, 1.807) is 0 Å². The van der Waals surface area contributed by atoms with Crippen LogP contribution in [0.1, 0.15) is 31.4 Å². The first-order chi connectivity index (χ1) is 7.81. The van der Waals surface area contributed by atoms with E-state index in [1.807, 2.05) is 0 Å². The zero-order valence-electron chi connectivity index (χ0n) is 9.30. The summed E-state index contributed by atoms with van der Waals surface area (Å²) in [5.41, 5.74) is 6.68. The third-order valence-corrected chi connectivity index (χ3v) is 3.75. The summed E-state index contributed by atoms with van der Waals surface area (Å²) in [6.45, 7) is 2.10. The summed E-state index contributed by atoms with van der Waals surface area (Å²) >= 11 is 1.25. The van der Waals surface area contributed by atoms with Crippen LogP contribution in [0, 0.1) is 0 Å². The van der Waals surface area contributed by atoms with E-state index in [9.17, 15) is 0 Å². The minimum atomic E-state index is 0.256. The van der Waals surface area contributed by atoms with Gasteiger partial charge in [0.1, 0.15) is 10.7 Å². The van der Waals surface area contributed by atoms with Crippen molar-refractivity contribution in [2.45, 2.75) is 38.3 Å². The minimum absolute atomic E-state index is 0.256. The second-order valence-electron chi connectivity index (χ2n) is 4.22. The Bertz CT molecular complexity index is 328. The van der Waals surface area contributed by atoms with Crippen LogP contribution in [0.25, 0.3) is 0 Å². The van der Waals surface area contributed by atoms with Gasteiger partial charge in [-0.3, -0.25) is 4.90 Å². The lowest BCUT2D eigenvalue weighted by molar-refractivity contribution is 0.111. The summed E-state index contributed by atoms with van der Waals surface area (Å²) in [6, 6.07) is 0.472. The summed E-state index contributed by atoms with van der Waals surface area (Å²) in [5.74, 6) is 0. The van der Waals surface area contributed by atoms with Gasteiger partial charge in [0.25, 0.3) is 0 Å². The van der Waals surface area contributed by atoms with E-state index in [2.05, 4.69) is 14.5 Å². The van der Waals surface area contributed by atoms with E-state index in [0.29, 0.717) is 11.0 Å². The SMILES string of the molecule is Nc1snnc1CN1CCCCC1CCO. The number of nitrogens with two attached hydrogens (primary N) is 1. The van der Waals surface area contributed by atoms with Crippen molar-refractivity contribution in [3.8, 4) is 0 Å². The highest BCUT2D eigenvalue weighted by atomic mass is 32.1. The fraction of sp³-hybridized carbons (Fsp3) is 0.800. The number of piperidine rings is 1. The number of rotatable bonds is 4. The second kappa shape index (κ2) is 5.56. The number of aromatic nitrogens is 2. The maximum absolute atomic E-state index is 9.04. The molecule has 2 rings (SSSR count). The monoisotopic (exact) mass is 242 g/mol. The largest absolute Gasteiger partial charge is 0.396 e. The average Bonchev–Trinajstić information content (AvgIpc) is 2.68. The maximum Gasteiger partial charge on any atom is 0.132 e. The molecule has 0 bridgehead atoms. The van der Waals surface area contributed by atoms with Crippen LogP contribution in [0.5, 0.6) is 0 Å². The van der Waals surface area contributed by atoms with Crippen LogP contribution in [0.15, 0.2) is 0 Å². The number of anilines is 1. The molecule has 1 aromatic heterocycles. The lowest BCUT2D eigenvalue weighted by atomic mass is 9.99. The molecular formula is C10H18N4OS. The van der Waals surface area contributed by atoms with Crippen molar-refractivity contribution in [2.24, 2.45) is 0 Å². The number of aliphatic hydroxyl groups excluding tert-OH is 1. The molecule has 5 nitrogen and oxygen atoms in total. The first-order valence-corrected chi connectivity index (χ1v) is 6.50. The highest BCUT2D eigenvalue weighted by molar-refractivity contribution is 7.09. The van der Waals surface area contributed by atoms with E-state index in [0.717, 1.165) is 31.6 Å². The topological polar surface area (TPSA) is 75.3 Å². The Morgan fingerprint density at radius 3 is 3.06 bits per heavy atom. The molecule has 1 unspecified atom stereocenters. The Balaban J connectivity index is 1.98. The van der Waals surface area contributed by atoms with Gasteiger partial charge < -0.3 is 10.8 Å². The van der Waals surface area contributed by atoms with Gasteiger partial charge in [-0.1, -0.05) is 10.9 Å². The van der Waals surface area contributed by atoms with Gasteiger partial charge in [0.05, 0.1) is 0 Å². The number of nitrogens with zero attached hydrogens (tertiary/aromatic N) is 3. The van der Waals surface area contributed by atoms with Gasteiger partial charge in [0, 0.05) is 30.7 Å². The van der Waals surface area contributed by atoms with E-state index >= 15 is 0 Å². The molecule has 3 N–H and O–H groups in total. The molecule has 6 heteroatoms.